The van der Waals surface area contributed by atoms with Crippen LogP contribution >= 0.6 is 0 Å². The fourth-order valence-electron chi connectivity index (χ4n) is 3.55. The molecule has 4 aromatic rings. The van der Waals surface area contributed by atoms with Crippen LogP contribution in [0.1, 0.15) is 12.5 Å². The second-order valence-electron chi connectivity index (χ2n) is 8.10. The smallest absolute Gasteiger partial charge is 0.428 e. The molecule has 0 fully saturated rings. The summed E-state index contributed by atoms with van der Waals surface area (Å²) in [7, 11) is -4.15. The van der Waals surface area contributed by atoms with Crippen molar-refractivity contribution in [2.75, 3.05) is 5.75 Å². The molecule has 0 amide bonds. The fraction of sp³-hybridized carbons (Fsp3) is 0.208. The molecule has 2 aromatic carbocycles. The van der Waals surface area contributed by atoms with Gasteiger partial charge in [0.1, 0.15) is 10.6 Å². The predicted octanol–water partition coefficient (Wildman–Crippen LogP) is 5.50. The number of aromatic nitrogens is 3. The third kappa shape index (κ3) is 5.57. The van der Waals surface area contributed by atoms with Crippen molar-refractivity contribution in [1.29, 1.82) is 0 Å². The summed E-state index contributed by atoms with van der Waals surface area (Å²) < 4.78 is 122. The van der Waals surface area contributed by atoms with Crippen LogP contribution in [0, 0.1) is 0 Å². The number of sulfone groups is 1. The third-order valence-electron chi connectivity index (χ3n) is 5.54. The van der Waals surface area contributed by atoms with Gasteiger partial charge in [0.05, 0.1) is 22.9 Å². The first-order valence-electron chi connectivity index (χ1n) is 10.9. The summed E-state index contributed by atoms with van der Waals surface area (Å²) in [5, 5.41) is 3.55. The van der Waals surface area contributed by atoms with Crippen LogP contribution in [0.25, 0.3) is 27.7 Å². The van der Waals surface area contributed by atoms with E-state index in [0.717, 1.165) is 42.7 Å². The number of pyridine rings is 1. The monoisotopic (exact) mass is 575 g/mol. The summed E-state index contributed by atoms with van der Waals surface area (Å²) >= 11 is 0. The van der Waals surface area contributed by atoms with Gasteiger partial charge in [-0.15, -0.1) is 0 Å². The standard InChI is InChI=1S/C24H16F7N3O4S/c1-2-39(36,37)19-9-15(13-4-3-5-17(8-13)38-24(30,31)22(25)26)11-32-20(19)34-21(35)18-10-16(23(27,28)29)7-6-14(18)12-33-34/h3-12,22H,2H2,1H3. The largest absolute Gasteiger partial charge is 0.461 e. The molecule has 39 heavy (non-hydrogen) atoms. The molecule has 0 N–H and O–H groups in total. The summed E-state index contributed by atoms with van der Waals surface area (Å²) in [6, 6.07) is 7.95. The summed E-state index contributed by atoms with van der Waals surface area (Å²) in [5.41, 5.74) is -2.10. The number of hydrogen-bond donors (Lipinski definition) is 0. The molecular weight excluding hydrogens is 559 g/mol. The van der Waals surface area contributed by atoms with E-state index >= 15 is 0 Å². The Labute approximate surface area is 215 Å². The maximum absolute atomic E-state index is 13.3. The van der Waals surface area contributed by atoms with Crippen molar-refractivity contribution >= 4 is 20.6 Å². The lowest BCUT2D eigenvalue weighted by atomic mass is 10.1. The topological polar surface area (TPSA) is 91.2 Å². The maximum Gasteiger partial charge on any atom is 0.461 e. The van der Waals surface area contributed by atoms with E-state index in [2.05, 4.69) is 14.8 Å². The zero-order chi connectivity index (χ0) is 28.8. The van der Waals surface area contributed by atoms with Crippen molar-refractivity contribution in [2.24, 2.45) is 0 Å². The lowest BCUT2D eigenvalue weighted by Crippen LogP contribution is -2.33. The molecule has 0 saturated heterocycles. The molecule has 206 valence electrons. The Bertz CT molecular complexity index is 1720. The SMILES string of the molecule is CCS(=O)(=O)c1cc(-c2cccc(OC(F)(F)C(F)F)c2)cnc1-n1ncc2ccc(C(F)(F)F)cc2c1=O. The summed E-state index contributed by atoms with van der Waals surface area (Å²) in [4.78, 5) is 16.6. The van der Waals surface area contributed by atoms with Gasteiger partial charge < -0.3 is 4.74 Å². The van der Waals surface area contributed by atoms with Crippen LogP contribution in [0.15, 0.2) is 70.6 Å². The van der Waals surface area contributed by atoms with E-state index in [1.165, 1.54) is 19.1 Å². The lowest BCUT2D eigenvalue weighted by molar-refractivity contribution is -0.253. The average molecular weight is 575 g/mol. The number of fused-ring (bicyclic) bond motifs is 1. The molecule has 0 atom stereocenters. The van der Waals surface area contributed by atoms with Gasteiger partial charge in [0.25, 0.3) is 5.56 Å². The first-order chi connectivity index (χ1) is 18.1. The molecule has 15 heteroatoms. The third-order valence-corrected chi connectivity index (χ3v) is 7.27. The van der Waals surface area contributed by atoms with Crippen LogP contribution in [0.5, 0.6) is 5.75 Å². The Hall–Kier alpha value is -4.01. The second-order valence-corrected chi connectivity index (χ2v) is 10.3. The molecule has 0 aliphatic heterocycles. The van der Waals surface area contributed by atoms with Gasteiger partial charge >= 0.3 is 18.7 Å². The fourth-order valence-corrected chi connectivity index (χ4v) is 4.58. The van der Waals surface area contributed by atoms with Gasteiger partial charge in [-0.25, -0.2) is 13.4 Å². The molecule has 0 aliphatic carbocycles. The molecule has 0 unspecified atom stereocenters. The van der Waals surface area contributed by atoms with Crippen LogP contribution in [-0.4, -0.2) is 41.5 Å². The lowest BCUT2D eigenvalue weighted by Gasteiger charge is -2.17. The van der Waals surface area contributed by atoms with Crippen molar-refractivity contribution < 1.29 is 43.9 Å². The van der Waals surface area contributed by atoms with Crippen LogP contribution in [0.3, 0.4) is 0 Å². The molecule has 2 aromatic heterocycles. The number of hydrogen-bond acceptors (Lipinski definition) is 6. The van der Waals surface area contributed by atoms with Gasteiger partial charge in [0, 0.05) is 17.1 Å². The van der Waals surface area contributed by atoms with Crippen molar-refractivity contribution in [2.45, 2.75) is 30.5 Å². The first-order valence-corrected chi connectivity index (χ1v) is 12.6. The molecule has 4 rings (SSSR count). The zero-order valence-electron chi connectivity index (χ0n) is 19.6. The molecule has 0 saturated carbocycles. The number of rotatable bonds is 7. The van der Waals surface area contributed by atoms with Crippen LogP contribution in [-0.2, 0) is 16.0 Å². The molecule has 0 aliphatic rings. The van der Waals surface area contributed by atoms with Crippen molar-refractivity contribution in [3.8, 4) is 22.7 Å². The minimum absolute atomic E-state index is 0.0183. The van der Waals surface area contributed by atoms with Crippen molar-refractivity contribution in [1.82, 2.24) is 14.8 Å². The van der Waals surface area contributed by atoms with E-state index in [-0.39, 0.29) is 16.5 Å². The van der Waals surface area contributed by atoms with E-state index in [0.29, 0.717) is 10.7 Å². The summed E-state index contributed by atoms with van der Waals surface area (Å²) in [6.07, 6.45) is -11.5. The first kappa shape index (κ1) is 28.0. The van der Waals surface area contributed by atoms with Crippen molar-refractivity contribution in [3.05, 3.63) is 76.8 Å². The Morgan fingerprint density at radius 3 is 2.33 bits per heavy atom. The number of alkyl halides is 7. The normalized spacial score (nSPS) is 12.7. The van der Waals surface area contributed by atoms with E-state index in [1.54, 1.807) is 0 Å². The van der Waals surface area contributed by atoms with E-state index in [4.69, 9.17) is 0 Å². The molecule has 0 radical (unpaired) electrons. The molecule has 7 nitrogen and oxygen atoms in total. The number of benzene rings is 2. The zero-order valence-corrected chi connectivity index (χ0v) is 20.4. The minimum Gasteiger partial charge on any atom is -0.428 e. The van der Waals surface area contributed by atoms with Gasteiger partial charge in [-0.2, -0.15) is 40.5 Å². The summed E-state index contributed by atoms with van der Waals surface area (Å²) in [5.74, 6) is -1.63. The second kappa shape index (κ2) is 9.94. The van der Waals surface area contributed by atoms with E-state index in [1.807, 2.05) is 0 Å². The highest BCUT2D eigenvalue weighted by Crippen LogP contribution is 2.33. The highest BCUT2D eigenvalue weighted by molar-refractivity contribution is 7.91. The van der Waals surface area contributed by atoms with Crippen LogP contribution < -0.4 is 10.3 Å². The quantitative estimate of drug-likeness (QED) is 0.271. The highest BCUT2D eigenvalue weighted by Gasteiger charge is 2.44. The Balaban J connectivity index is 1.88. The Morgan fingerprint density at radius 2 is 1.69 bits per heavy atom. The van der Waals surface area contributed by atoms with Crippen LogP contribution in [0.2, 0.25) is 0 Å². The van der Waals surface area contributed by atoms with Gasteiger partial charge in [-0.3, -0.25) is 4.79 Å². The van der Waals surface area contributed by atoms with Crippen molar-refractivity contribution in [3.63, 3.8) is 0 Å². The predicted molar refractivity (Wildman–Crippen MR) is 125 cm³/mol. The minimum atomic E-state index is -4.79. The molecule has 0 spiro atoms. The number of nitrogens with zero attached hydrogens (tertiary/aromatic N) is 3. The highest BCUT2D eigenvalue weighted by atomic mass is 32.2. The van der Waals surface area contributed by atoms with Crippen LogP contribution in [0.4, 0.5) is 30.7 Å². The Kier molecular flexibility index (Phi) is 7.14. The number of ether oxygens (including phenoxy) is 1. The van der Waals surface area contributed by atoms with Gasteiger partial charge in [0.2, 0.25) is 0 Å². The van der Waals surface area contributed by atoms with Gasteiger partial charge in [-0.1, -0.05) is 25.1 Å². The maximum atomic E-state index is 13.3. The Morgan fingerprint density at radius 1 is 0.974 bits per heavy atom. The van der Waals surface area contributed by atoms with Gasteiger partial charge in [0.15, 0.2) is 15.7 Å². The molecule has 0 bridgehead atoms. The molecule has 2 heterocycles. The molecular formula is C24H16F7N3O4S. The van der Waals surface area contributed by atoms with E-state index < -0.39 is 67.3 Å². The number of halogens is 7. The van der Waals surface area contributed by atoms with E-state index in [9.17, 15) is 43.9 Å². The summed E-state index contributed by atoms with van der Waals surface area (Å²) in [6.45, 7) is 1.29. The van der Waals surface area contributed by atoms with Gasteiger partial charge in [-0.05, 0) is 35.9 Å². The average Bonchev–Trinajstić information content (AvgIpc) is 2.88.